The summed E-state index contributed by atoms with van der Waals surface area (Å²) in [6, 6.07) is 0.154. The highest BCUT2D eigenvalue weighted by atomic mass is 16.2. The standard InChI is InChI=1S/C13H24N2O/c1-5-8-9-10-14-11(4)13(16)15-12(6-2)7-3/h1,11-12,14H,6-10H2,2-4H3,(H,15,16). The van der Waals surface area contributed by atoms with Crippen molar-refractivity contribution in [2.24, 2.45) is 0 Å². The Bertz CT molecular complexity index is 229. The van der Waals surface area contributed by atoms with Gasteiger partial charge in [-0.2, -0.15) is 0 Å². The van der Waals surface area contributed by atoms with E-state index in [1.165, 1.54) is 0 Å². The first kappa shape index (κ1) is 15.0. The van der Waals surface area contributed by atoms with Crippen molar-refractivity contribution < 1.29 is 4.79 Å². The van der Waals surface area contributed by atoms with Crippen LogP contribution in [0.2, 0.25) is 0 Å². The second kappa shape index (κ2) is 9.23. The first-order chi connectivity index (χ1) is 7.65. The summed E-state index contributed by atoms with van der Waals surface area (Å²) in [4.78, 5) is 11.7. The van der Waals surface area contributed by atoms with Gasteiger partial charge in [0.25, 0.3) is 0 Å². The number of hydrogen-bond acceptors (Lipinski definition) is 2. The number of carbonyl (C=O) groups is 1. The van der Waals surface area contributed by atoms with Crippen molar-refractivity contribution in [3.05, 3.63) is 0 Å². The van der Waals surface area contributed by atoms with E-state index in [2.05, 4.69) is 30.4 Å². The van der Waals surface area contributed by atoms with Gasteiger partial charge in [-0.05, 0) is 32.7 Å². The Labute approximate surface area is 99.4 Å². The van der Waals surface area contributed by atoms with Gasteiger partial charge in [-0.3, -0.25) is 4.79 Å². The molecule has 2 N–H and O–H groups in total. The van der Waals surface area contributed by atoms with Gasteiger partial charge in [-0.25, -0.2) is 0 Å². The van der Waals surface area contributed by atoms with Gasteiger partial charge in [0.15, 0.2) is 0 Å². The lowest BCUT2D eigenvalue weighted by Gasteiger charge is -2.19. The smallest absolute Gasteiger partial charge is 0.237 e. The molecule has 1 amide bonds. The molecule has 0 aliphatic carbocycles. The zero-order valence-electron chi connectivity index (χ0n) is 10.7. The summed E-state index contributed by atoms with van der Waals surface area (Å²) in [6.07, 6.45) is 8.78. The summed E-state index contributed by atoms with van der Waals surface area (Å²) in [5.74, 6) is 2.66. The third kappa shape index (κ3) is 6.47. The van der Waals surface area contributed by atoms with Crippen LogP contribution in [0.5, 0.6) is 0 Å². The molecule has 1 atom stereocenters. The van der Waals surface area contributed by atoms with E-state index < -0.39 is 0 Å². The van der Waals surface area contributed by atoms with E-state index >= 15 is 0 Å². The average Bonchev–Trinajstić information content (AvgIpc) is 2.30. The van der Waals surface area contributed by atoms with Crippen LogP contribution in [0.1, 0.15) is 46.5 Å². The van der Waals surface area contributed by atoms with Crippen molar-refractivity contribution in [2.75, 3.05) is 6.54 Å². The zero-order chi connectivity index (χ0) is 12.4. The minimum atomic E-state index is -0.140. The minimum absolute atomic E-state index is 0.0782. The highest BCUT2D eigenvalue weighted by Gasteiger charge is 2.14. The third-order valence-electron chi connectivity index (χ3n) is 2.67. The average molecular weight is 224 g/mol. The van der Waals surface area contributed by atoms with Crippen molar-refractivity contribution in [2.45, 2.75) is 58.5 Å². The lowest BCUT2D eigenvalue weighted by molar-refractivity contribution is -0.123. The molecule has 0 radical (unpaired) electrons. The SMILES string of the molecule is C#CCCCNC(C)C(=O)NC(CC)CC. The number of nitrogens with one attached hydrogen (secondary N) is 2. The van der Waals surface area contributed by atoms with Gasteiger partial charge in [0.2, 0.25) is 5.91 Å². The number of carbonyl (C=O) groups excluding carboxylic acids is 1. The Morgan fingerprint density at radius 1 is 1.38 bits per heavy atom. The van der Waals surface area contributed by atoms with Crippen LogP contribution < -0.4 is 10.6 Å². The number of terminal acetylenes is 1. The molecular weight excluding hydrogens is 200 g/mol. The number of amides is 1. The lowest BCUT2D eigenvalue weighted by atomic mass is 10.1. The minimum Gasteiger partial charge on any atom is -0.352 e. The van der Waals surface area contributed by atoms with Crippen LogP contribution >= 0.6 is 0 Å². The number of hydrogen-bond donors (Lipinski definition) is 2. The van der Waals surface area contributed by atoms with Gasteiger partial charge in [-0.15, -0.1) is 12.3 Å². The molecule has 1 unspecified atom stereocenters. The molecule has 0 aromatic rings. The summed E-state index contributed by atoms with van der Waals surface area (Å²) >= 11 is 0. The fourth-order valence-corrected chi connectivity index (χ4v) is 1.42. The summed E-state index contributed by atoms with van der Waals surface area (Å²) in [7, 11) is 0. The van der Waals surface area contributed by atoms with Gasteiger partial charge >= 0.3 is 0 Å². The van der Waals surface area contributed by atoms with E-state index in [9.17, 15) is 4.79 Å². The van der Waals surface area contributed by atoms with E-state index in [1.54, 1.807) is 0 Å². The summed E-state index contributed by atoms with van der Waals surface area (Å²) < 4.78 is 0. The molecule has 0 saturated carbocycles. The van der Waals surface area contributed by atoms with Gasteiger partial charge < -0.3 is 10.6 Å². The lowest BCUT2D eigenvalue weighted by Crippen LogP contribution is -2.46. The molecule has 0 rings (SSSR count). The Balaban J connectivity index is 3.77. The van der Waals surface area contributed by atoms with Crippen LogP contribution in [0.4, 0.5) is 0 Å². The molecular formula is C13H24N2O. The summed E-state index contributed by atoms with van der Waals surface area (Å²) in [5.41, 5.74) is 0. The first-order valence-electron chi connectivity index (χ1n) is 6.12. The van der Waals surface area contributed by atoms with Gasteiger partial charge in [0.1, 0.15) is 0 Å². The Morgan fingerprint density at radius 3 is 2.50 bits per heavy atom. The van der Waals surface area contributed by atoms with Crippen LogP contribution in [0.15, 0.2) is 0 Å². The molecule has 0 fully saturated rings. The highest BCUT2D eigenvalue weighted by molar-refractivity contribution is 5.81. The Morgan fingerprint density at radius 2 is 2.00 bits per heavy atom. The largest absolute Gasteiger partial charge is 0.352 e. The van der Waals surface area contributed by atoms with Crippen LogP contribution in [0, 0.1) is 12.3 Å². The second-order valence-corrected chi connectivity index (χ2v) is 4.01. The molecule has 3 heteroatoms. The van der Waals surface area contributed by atoms with Crippen molar-refractivity contribution in [1.29, 1.82) is 0 Å². The molecule has 0 aliphatic rings. The molecule has 92 valence electrons. The quantitative estimate of drug-likeness (QED) is 0.486. The molecule has 0 spiro atoms. The Hall–Kier alpha value is -1.01. The van der Waals surface area contributed by atoms with Crippen LogP contribution in [0.3, 0.4) is 0 Å². The van der Waals surface area contributed by atoms with Crippen LogP contribution in [-0.4, -0.2) is 24.5 Å². The van der Waals surface area contributed by atoms with Crippen molar-refractivity contribution in [3.8, 4) is 12.3 Å². The topological polar surface area (TPSA) is 41.1 Å². The highest BCUT2D eigenvalue weighted by Crippen LogP contribution is 1.97. The van der Waals surface area contributed by atoms with E-state index in [-0.39, 0.29) is 11.9 Å². The third-order valence-corrected chi connectivity index (χ3v) is 2.67. The summed E-state index contributed by atoms with van der Waals surface area (Å²) in [6.45, 7) is 6.84. The van der Waals surface area contributed by atoms with Gasteiger partial charge in [0.05, 0.1) is 6.04 Å². The summed E-state index contributed by atoms with van der Waals surface area (Å²) in [5, 5.41) is 6.18. The molecule has 0 heterocycles. The van der Waals surface area contributed by atoms with Gasteiger partial charge in [0, 0.05) is 12.5 Å². The molecule has 16 heavy (non-hydrogen) atoms. The van der Waals surface area contributed by atoms with Crippen molar-refractivity contribution >= 4 is 5.91 Å². The van der Waals surface area contributed by atoms with Crippen LogP contribution in [0.25, 0.3) is 0 Å². The van der Waals surface area contributed by atoms with Gasteiger partial charge in [-0.1, -0.05) is 13.8 Å². The molecule has 0 aliphatic heterocycles. The normalized spacial score (nSPS) is 12.2. The fourth-order valence-electron chi connectivity index (χ4n) is 1.42. The predicted molar refractivity (Wildman–Crippen MR) is 68.0 cm³/mol. The monoisotopic (exact) mass is 224 g/mol. The Kier molecular flexibility index (Phi) is 8.65. The van der Waals surface area contributed by atoms with Crippen molar-refractivity contribution in [1.82, 2.24) is 10.6 Å². The zero-order valence-corrected chi connectivity index (χ0v) is 10.7. The van der Waals surface area contributed by atoms with E-state index in [0.717, 1.165) is 32.2 Å². The van der Waals surface area contributed by atoms with Crippen molar-refractivity contribution in [3.63, 3.8) is 0 Å². The van der Waals surface area contributed by atoms with E-state index in [4.69, 9.17) is 6.42 Å². The van der Waals surface area contributed by atoms with Crippen LogP contribution in [-0.2, 0) is 4.79 Å². The molecule has 0 bridgehead atoms. The number of unbranched alkanes of at least 4 members (excludes halogenated alkanes) is 1. The maximum absolute atomic E-state index is 11.7. The molecule has 0 saturated heterocycles. The number of rotatable bonds is 8. The molecule has 0 aromatic heterocycles. The first-order valence-corrected chi connectivity index (χ1v) is 6.12. The second-order valence-electron chi connectivity index (χ2n) is 4.01. The maximum Gasteiger partial charge on any atom is 0.237 e. The van der Waals surface area contributed by atoms with E-state index in [0.29, 0.717) is 6.04 Å². The molecule has 3 nitrogen and oxygen atoms in total. The fraction of sp³-hybridized carbons (Fsp3) is 0.769. The predicted octanol–water partition coefficient (Wildman–Crippen LogP) is 1.68. The maximum atomic E-state index is 11.7. The van der Waals surface area contributed by atoms with E-state index in [1.807, 2.05) is 6.92 Å². The molecule has 0 aromatic carbocycles.